The first-order chi connectivity index (χ1) is 15.5. The Morgan fingerprint density at radius 2 is 1.66 bits per heavy atom. The molecule has 1 atom stereocenters. The van der Waals surface area contributed by atoms with Crippen LogP contribution in [-0.2, 0) is 22.3 Å². The number of aromatic nitrogens is 4. The first kappa shape index (κ1) is 22.6. The van der Waals surface area contributed by atoms with Gasteiger partial charge in [0.2, 0.25) is 0 Å². The molecule has 170 valence electrons. The van der Waals surface area contributed by atoms with E-state index in [0.717, 1.165) is 44.7 Å². The molecule has 8 nitrogen and oxygen atoms in total. The van der Waals surface area contributed by atoms with E-state index in [0.29, 0.717) is 5.82 Å². The summed E-state index contributed by atoms with van der Waals surface area (Å²) in [5, 5.41) is 12.1. The fourth-order valence-corrected chi connectivity index (χ4v) is 5.41. The van der Waals surface area contributed by atoms with E-state index in [9.17, 15) is 8.42 Å². The molecule has 1 saturated heterocycles. The minimum absolute atomic E-state index is 0.0166. The predicted octanol–water partition coefficient (Wildman–Crippen LogP) is 2.68. The molecule has 1 aromatic heterocycles. The van der Waals surface area contributed by atoms with Gasteiger partial charge in [-0.3, -0.25) is 9.80 Å². The topological polar surface area (TPSA) is 84.2 Å². The summed E-state index contributed by atoms with van der Waals surface area (Å²) in [6, 6.07) is 17.4. The summed E-state index contributed by atoms with van der Waals surface area (Å²) in [6.07, 6.45) is 0.809. The first-order valence-electron chi connectivity index (χ1n) is 11.0. The number of nitrogens with zero attached hydrogens (tertiary/aromatic N) is 6. The number of aryl methyl sites for hydroxylation is 1. The Balaban J connectivity index is 1.43. The van der Waals surface area contributed by atoms with Crippen LogP contribution in [0.25, 0.3) is 0 Å². The Morgan fingerprint density at radius 3 is 2.31 bits per heavy atom. The second kappa shape index (κ2) is 9.89. The fourth-order valence-electron chi connectivity index (χ4n) is 4.20. The summed E-state index contributed by atoms with van der Waals surface area (Å²) < 4.78 is 27.3. The Labute approximate surface area is 189 Å². The molecule has 1 fully saturated rings. The van der Waals surface area contributed by atoms with Crippen molar-refractivity contribution >= 4 is 9.84 Å². The predicted molar refractivity (Wildman–Crippen MR) is 123 cm³/mol. The van der Waals surface area contributed by atoms with Gasteiger partial charge in [0.05, 0.1) is 10.9 Å². The van der Waals surface area contributed by atoms with Crippen LogP contribution in [0.3, 0.4) is 0 Å². The van der Waals surface area contributed by atoms with Gasteiger partial charge in [-0.15, -0.1) is 5.10 Å². The normalized spacial score (nSPS) is 16.8. The highest BCUT2D eigenvalue weighted by Crippen LogP contribution is 2.25. The Kier molecular flexibility index (Phi) is 6.98. The summed E-state index contributed by atoms with van der Waals surface area (Å²) in [4.78, 5) is 5.10. The standard InChI is InChI=1S/C23H30N6O2S/c1-3-22(28-15-13-27(14-16-28)17-20-7-5-4-6-8-20)23-24-25-26-29(23)18-32(30,31)21-11-9-19(2)10-12-21/h4-12,22H,3,13-18H2,1-2H3. The highest BCUT2D eigenvalue weighted by atomic mass is 32.2. The van der Waals surface area contributed by atoms with Crippen LogP contribution in [0.15, 0.2) is 59.5 Å². The lowest BCUT2D eigenvalue weighted by atomic mass is 10.1. The van der Waals surface area contributed by atoms with Crippen LogP contribution in [0, 0.1) is 6.92 Å². The molecular formula is C23H30N6O2S. The third-order valence-electron chi connectivity index (χ3n) is 6.01. The van der Waals surface area contributed by atoms with E-state index in [-0.39, 0.29) is 16.8 Å². The van der Waals surface area contributed by atoms with Crippen LogP contribution >= 0.6 is 0 Å². The van der Waals surface area contributed by atoms with Gasteiger partial charge >= 0.3 is 0 Å². The number of hydrogen-bond acceptors (Lipinski definition) is 7. The van der Waals surface area contributed by atoms with E-state index in [4.69, 9.17) is 0 Å². The molecule has 0 radical (unpaired) electrons. The van der Waals surface area contributed by atoms with Crippen LogP contribution in [0.4, 0.5) is 0 Å². The average molecular weight is 455 g/mol. The van der Waals surface area contributed by atoms with E-state index >= 15 is 0 Å². The Morgan fingerprint density at radius 1 is 0.969 bits per heavy atom. The summed E-state index contributed by atoms with van der Waals surface area (Å²) in [5.74, 6) is 0.350. The smallest absolute Gasteiger partial charge is 0.198 e. The molecule has 1 aliphatic rings. The lowest BCUT2D eigenvalue weighted by Gasteiger charge is -2.38. The van der Waals surface area contributed by atoms with E-state index in [1.54, 1.807) is 24.3 Å². The monoisotopic (exact) mass is 454 g/mol. The molecule has 0 spiro atoms. The molecule has 1 unspecified atom stereocenters. The van der Waals surface area contributed by atoms with Crippen LogP contribution in [-0.4, -0.2) is 64.6 Å². The van der Waals surface area contributed by atoms with Gasteiger partial charge in [0.15, 0.2) is 21.5 Å². The maximum atomic E-state index is 12.9. The number of benzene rings is 2. The number of rotatable bonds is 8. The Bertz CT molecular complexity index is 1110. The molecule has 0 N–H and O–H groups in total. The molecule has 32 heavy (non-hydrogen) atoms. The summed E-state index contributed by atoms with van der Waals surface area (Å²) in [6.45, 7) is 8.66. The maximum Gasteiger partial charge on any atom is 0.198 e. The second-order valence-corrected chi connectivity index (χ2v) is 10.3. The van der Waals surface area contributed by atoms with Crippen molar-refractivity contribution < 1.29 is 8.42 Å². The van der Waals surface area contributed by atoms with Crippen LogP contribution in [0.2, 0.25) is 0 Å². The van der Waals surface area contributed by atoms with Gasteiger partial charge in [0.25, 0.3) is 0 Å². The van der Waals surface area contributed by atoms with Crippen molar-refractivity contribution in [2.45, 2.75) is 43.6 Å². The number of hydrogen-bond donors (Lipinski definition) is 0. The van der Waals surface area contributed by atoms with Crippen molar-refractivity contribution in [3.63, 3.8) is 0 Å². The minimum Gasteiger partial charge on any atom is -0.297 e. The van der Waals surface area contributed by atoms with E-state index in [1.807, 2.05) is 13.0 Å². The maximum absolute atomic E-state index is 12.9. The number of piperazine rings is 1. The SMILES string of the molecule is CCC(c1nnnn1CS(=O)(=O)c1ccc(C)cc1)N1CCN(Cc2ccccc2)CC1. The zero-order valence-corrected chi connectivity index (χ0v) is 19.4. The minimum atomic E-state index is -3.54. The lowest BCUT2D eigenvalue weighted by Crippen LogP contribution is -2.47. The van der Waals surface area contributed by atoms with Crippen LogP contribution in [0.1, 0.15) is 36.3 Å². The van der Waals surface area contributed by atoms with Crippen molar-refractivity contribution in [1.82, 2.24) is 30.0 Å². The third kappa shape index (κ3) is 5.23. The van der Waals surface area contributed by atoms with Gasteiger partial charge in [-0.25, -0.2) is 13.1 Å². The zero-order chi connectivity index (χ0) is 22.6. The molecule has 2 aromatic carbocycles. The molecule has 9 heteroatoms. The first-order valence-corrected chi connectivity index (χ1v) is 12.7. The molecule has 0 saturated carbocycles. The third-order valence-corrected chi connectivity index (χ3v) is 7.59. The zero-order valence-electron chi connectivity index (χ0n) is 18.6. The summed E-state index contributed by atoms with van der Waals surface area (Å²) in [7, 11) is -3.54. The van der Waals surface area contributed by atoms with Gasteiger partial charge < -0.3 is 0 Å². The molecule has 2 heterocycles. The average Bonchev–Trinajstić information content (AvgIpc) is 3.23. The molecule has 4 rings (SSSR count). The Hall–Kier alpha value is -2.62. The highest BCUT2D eigenvalue weighted by Gasteiger charge is 2.29. The van der Waals surface area contributed by atoms with Gasteiger partial charge in [-0.2, -0.15) is 0 Å². The molecule has 3 aromatic rings. The second-order valence-electron chi connectivity index (χ2n) is 8.32. The van der Waals surface area contributed by atoms with Crippen molar-refractivity contribution in [2.24, 2.45) is 0 Å². The number of sulfone groups is 1. The molecule has 1 aliphatic heterocycles. The molecular weight excluding hydrogens is 424 g/mol. The van der Waals surface area contributed by atoms with E-state index in [2.05, 4.69) is 56.5 Å². The number of tetrazole rings is 1. The van der Waals surface area contributed by atoms with Crippen LogP contribution in [0.5, 0.6) is 0 Å². The van der Waals surface area contributed by atoms with Crippen molar-refractivity contribution in [2.75, 3.05) is 26.2 Å². The lowest BCUT2D eigenvalue weighted by molar-refractivity contribution is 0.0846. The summed E-state index contributed by atoms with van der Waals surface area (Å²) >= 11 is 0. The van der Waals surface area contributed by atoms with Crippen molar-refractivity contribution in [1.29, 1.82) is 0 Å². The van der Waals surface area contributed by atoms with Crippen LogP contribution < -0.4 is 0 Å². The molecule has 0 amide bonds. The largest absolute Gasteiger partial charge is 0.297 e. The van der Waals surface area contributed by atoms with Gasteiger partial charge in [0.1, 0.15) is 0 Å². The quantitative estimate of drug-likeness (QED) is 0.517. The van der Waals surface area contributed by atoms with Gasteiger partial charge in [0, 0.05) is 32.7 Å². The van der Waals surface area contributed by atoms with Gasteiger partial charge in [-0.1, -0.05) is 55.0 Å². The molecule has 0 bridgehead atoms. The van der Waals surface area contributed by atoms with Crippen molar-refractivity contribution in [3.05, 3.63) is 71.5 Å². The fraction of sp³-hybridized carbons (Fsp3) is 0.435. The highest BCUT2D eigenvalue weighted by molar-refractivity contribution is 7.90. The molecule has 0 aliphatic carbocycles. The van der Waals surface area contributed by atoms with Gasteiger partial charge in [-0.05, 0) is 41.5 Å². The van der Waals surface area contributed by atoms with Crippen molar-refractivity contribution in [3.8, 4) is 0 Å². The van der Waals surface area contributed by atoms with E-state index in [1.165, 1.54) is 10.2 Å². The summed E-state index contributed by atoms with van der Waals surface area (Å²) in [5.41, 5.74) is 2.34. The van der Waals surface area contributed by atoms with E-state index < -0.39 is 9.84 Å².